The second-order valence-electron chi connectivity index (χ2n) is 7.66. The second-order valence-corrected chi connectivity index (χ2v) is 8.06. The van der Waals surface area contributed by atoms with Crippen LogP contribution in [0.3, 0.4) is 0 Å². The van der Waals surface area contributed by atoms with Crippen molar-refractivity contribution in [2.45, 2.75) is 6.54 Å². The first-order chi connectivity index (χ1) is 15.2. The summed E-state index contributed by atoms with van der Waals surface area (Å²) in [5.74, 6) is -0.0442. The van der Waals surface area contributed by atoms with Crippen LogP contribution >= 0.6 is 11.6 Å². The largest absolute Gasteiger partial charge is 0.335 e. The summed E-state index contributed by atoms with van der Waals surface area (Å²) in [6, 6.07) is 19.6. The third-order valence-corrected chi connectivity index (χ3v) is 6.00. The zero-order chi connectivity index (χ0) is 21.2. The molecule has 7 heteroatoms. The molecule has 0 spiro atoms. The number of piperazine rings is 1. The molecule has 1 saturated heterocycles. The summed E-state index contributed by atoms with van der Waals surface area (Å²) in [4.78, 5) is 21.8. The lowest BCUT2D eigenvalue weighted by molar-refractivity contribution is 0.0622. The van der Waals surface area contributed by atoms with Crippen molar-refractivity contribution in [1.29, 1.82) is 0 Å². The molecule has 1 aliphatic heterocycles. The maximum absolute atomic E-state index is 13.0. The average Bonchev–Trinajstić information content (AvgIpc) is 3.30. The number of carbonyl (C=O) groups is 1. The minimum Gasteiger partial charge on any atom is -0.335 e. The van der Waals surface area contributed by atoms with Gasteiger partial charge in [-0.1, -0.05) is 48.0 Å². The van der Waals surface area contributed by atoms with Crippen molar-refractivity contribution in [2.24, 2.45) is 0 Å². The van der Waals surface area contributed by atoms with Crippen molar-refractivity contribution in [3.63, 3.8) is 0 Å². The number of halogens is 1. The van der Waals surface area contributed by atoms with Gasteiger partial charge in [-0.3, -0.25) is 14.7 Å². The molecule has 2 aromatic carbocycles. The number of para-hydroxylation sites is 2. The van der Waals surface area contributed by atoms with Gasteiger partial charge >= 0.3 is 0 Å². The molecule has 3 heterocycles. The van der Waals surface area contributed by atoms with Gasteiger partial charge in [0.25, 0.3) is 5.91 Å². The minimum atomic E-state index is -0.0442. The third kappa shape index (κ3) is 4.04. The van der Waals surface area contributed by atoms with Crippen molar-refractivity contribution >= 4 is 28.4 Å². The van der Waals surface area contributed by atoms with Gasteiger partial charge in [0.15, 0.2) is 5.69 Å². The molecule has 1 aliphatic rings. The molecule has 5 rings (SSSR count). The molecule has 2 aromatic heterocycles. The summed E-state index contributed by atoms with van der Waals surface area (Å²) in [6.07, 6.45) is 3.61. The van der Waals surface area contributed by atoms with Crippen LogP contribution in [-0.2, 0) is 6.54 Å². The highest BCUT2D eigenvalue weighted by molar-refractivity contribution is 6.32. The van der Waals surface area contributed by atoms with E-state index in [-0.39, 0.29) is 5.91 Å². The predicted octanol–water partition coefficient (Wildman–Crippen LogP) is 4.03. The Balaban J connectivity index is 1.24. The average molecular weight is 432 g/mol. The Morgan fingerprint density at radius 2 is 1.74 bits per heavy atom. The van der Waals surface area contributed by atoms with E-state index in [1.165, 1.54) is 5.56 Å². The van der Waals surface area contributed by atoms with Crippen LogP contribution in [0, 0.1) is 0 Å². The number of fused-ring (bicyclic) bond motifs is 1. The fourth-order valence-corrected chi connectivity index (χ4v) is 4.24. The van der Waals surface area contributed by atoms with Gasteiger partial charge in [-0.05, 0) is 29.8 Å². The Kier molecular flexibility index (Phi) is 5.40. The van der Waals surface area contributed by atoms with Gasteiger partial charge in [-0.15, -0.1) is 0 Å². The number of hydrogen-bond acceptors (Lipinski definition) is 4. The highest BCUT2D eigenvalue weighted by Crippen LogP contribution is 2.21. The zero-order valence-electron chi connectivity index (χ0n) is 17.0. The van der Waals surface area contributed by atoms with Gasteiger partial charge in [-0.2, -0.15) is 5.10 Å². The summed E-state index contributed by atoms with van der Waals surface area (Å²) < 4.78 is 1.65. The lowest BCUT2D eigenvalue weighted by Crippen LogP contribution is -2.48. The van der Waals surface area contributed by atoms with E-state index >= 15 is 0 Å². The molecule has 0 atom stereocenters. The van der Waals surface area contributed by atoms with Crippen LogP contribution in [0.4, 0.5) is 0 Å². The van der Waals surface area contributed by atoms with E-state index in [0.29, 0.717) is 23.8 Å². The van der Waals surface area contributed by atoms with E-state index < -0.39 is 0 Å². The summed E-state index contributed by atoms with van der Waals surface area (Å²) >= 11 is 6.25. The van der Waals surface area contributed by atoms with Crippen LogP contribution in [0.15, 0.2) is 73.1 Å². The van der Waals surface area contributed by atoms with E-state index in [4.69, 9.17) is 11.6 Å². The number of rotatable bonds is 4. The van der Waals surface area contributed by atoms with E-state index in [9.17, 15) is 4.79 Å². The lowest BCUT2D eigenvalue weighted by Gasteiger charge is -2.34. The van der Waals surface area contributed by atoms with Gasteiger partial charge in [0.1, 0.15) is 0 Å². The monoisotopic (exact) mass is 431 g/mol. The minimum absolute atomic E-state index is 0.0442. The summed E-state index contributed by atoms with van der Waals surface area (Å²) in [5, 5.41) is 6.21. The molecule has 0 aliphatic carbocycles. The number of carbonyl (C=O) groups excluding carboxylic acids is 1. The fourth-order valence-electron chi connectivity index (χ4n) is 4.02. The van der Waals surface area contributed by atoms with Crippen LogP contribution in [0.5, 0.6) is 0 Å². The van der Waals surface area contributed by atoms with Crippen LogP contribution in [0.1, 0.15) is 16.1 Å². The first-order valence-corrected chi connectivity index (χ1v) is 10.7. The molecule has 4 aromatic rings. The maximum atomic E-state index is 13.0. The molecule has 6 nitrogen and oxygen atoms in total. The summed E-state index contributed by atoms with van der Waals surface area (Å²) in [7, 11) is 0. The smallest absolute Gasteiger partial charge is 0.274 e. The zero-order valence-corrected chi connectivity index (χ0v) is 17.7. The Morgan fingerprint density at radius 3 is 2.58 bits per heavy atom. The predicted molar refractivity (Wildman–Crippen MR) is 121 cm³/mol. The Morgan fingerprint density at radius 1 is 0.935 bits per heavy atom. The number of hydrogen-bond donors (Lipinski definition) is 0. The molecular weight excluding hydrogens is 410 g/mol. The molecule has 1 fully saturated rings. The fraction of sp³-hybridized carbons (Fsp3) is 0.208. The first-order valence-electron chi connectivity index (χ1n) is 10.3. The van der Waals surface area contributed by atoms with Gasteiger partial charge in [0.2, 0.25) is 0 Å². The van der Waals surface area contributed by atoms with Crippen LogP contribution in [0.25, 0.3) is 16.6 Å². The normalized spacial score (nSPS) is 14.8. The third-order valence-electron chi connectivity index (χ3n) is 5.68. The lowest BCUT2D eigenvalue weighted by atomic mass is 10.1. The highest BCUT2D eigenvalue weighted by atomic mass is 35.5. The van der Waals surface area contributed by atoms with Crippen molar-refractivity contribution < 1.29 is 4.79 Å². The van der Waals surface area contributed by atoms with Gasteiger partial charge in [-0.25, -0.2) is 4.68 Å². The van der Waals surface area contributed by atoms with Crippen molar-refractivity contribution in [3.8, 4) is 5.69 Å². The molecule has 156 valence electrons. The number of benzene rings is 2. The van der Waals surface area contributed by atoms with Crippen molar-refractivity contribution in [3.05, 3.63) is 89.3 Å². The highest BCUT2D eigenvalue weighted by Gasteiger charge is 2.24. The molecule has 0 N–H and O–H groups in total. The standard InChI is InChI=1S/C24H22ClN5O/c25-20-8-1-2-9-22(20)30-12-10-21(27-30)24(31)29-15-13-28(14-16-29)17-19-6-3-5-18-7-4-11-26-23(18)19/h1-12H,13-17H2. The van der Waals surface area contributed by atoms with Crippen LogP contribution < -0.4 is 0 Å². The molecular formula is C24H22ClN5O. The number of pyridine rings is 1. The van der Waals surface area contributed by atoms with Gasteiger partial charge < -0.3 is 4.90 Å². The summed E-state index contributed by atoms with van der Waals surface area (Å²) in [6.45, 7) is 3.82. The molecule has 0 unspecified atom stereocenters. The van der Waals surface area contributed by atoms with Crippen molar-refractivity contribution in [1.82, 2.24) is 24.6 Å². The van der Waals surface area contributed by atoms with E-state index in [1.807, 2.05) is 41.4 Å². The Labute approximate surface area is 185 Å². The van der Waals surface area contributed by atoms with Gasteiger partial charge in [0, 0.05) is 50.5 Å². The van der Waals surface area contributed by atoms with Crippen LogP contribution in [0.2, 0.25) is 5.02 Å². The first kappa shape index (κ1) is 19.7. The second kappa shape index (κ2) is 8.49. The van der Waals surface area contributed by atoms with E-state index in [1.54, 1.807) is 16.9 Å². The summed E-state index contributed by atoms with van der Waals surface area (Å²) in [5.41, 5.74) is 3.47. The Bertz CT molecular complexity index is 1220. The van der Waals surface area contributed by atoms with E-state index in [0.717, 1.165) is 36.2 Å². The number of amides is 1. The Hall–Kier alpha value is -3.22. The molecule has 0 radical (unpaired) electrons. The number of nitrogens with zero attached hydrogens (tertiary/aromatic N) is 5. The van der Waals surface area contributed by atoms with E-state index in [2.05, 4.69) is 39.2 Å². The quantitative estimate of drug-likeness (QED) is 0.489. The molecule has 31 heavy (non-hydrogen) atoms. The van der Waals surface area contributed by atoms with Crippen molar-refractivity contribution in [2.75, 3.05) is 26.2 Å². The molecule has 0 bridgehead atoms. The number of aromatic nitrogens is 3. The van der Waals surface area contributed by atoms with Crippen LogP contribution in [-0.4, -0.2) is 56.7 Å². The van der Waals surface area contributed by atoms with Gasteiger partial charge in [0.05, 0.1) is 16.2 Å². The molecule has 1 amide bonds. The SMILES string of the molecule is O=C(c1ccn(-c2ccccc2Cl)n1)N1CCN(Cc2cccc3cccnc23)CC1. The maximum Gasteiger partial charge on any atom is 0.274 e. The topological polar surface area (TPSA) is 54.3 Å². The molecule has 0 saturated carbocycles.